The molecule has 0 bridgehead atoms. The molecule has 0 fully saturated rings. The topological polar surface area (TPSA) is 84.5 Å². The number of esters is 1. The van der Waals surface area contributed by atoms with Gasteiger partial charge in [-0.25, -0.2) is 0 Å². The van der Waals surface area contributed by atoms with Gasteiger partial charge in [0.25, 0.3) is 11.8 Å². The Kier molecular flexibility index (Phi) is 11.3. The lowest BCUT2D eigenvalue weighted by atomic mass is 10.0. The summed E-state index contributed by atoms with van der Waals surface area (Å²) in [7, 11) is 0. The smallest absolute Gasteiger partial charge is 0.306 e. The molecule has 1 aromatic rings. The van der Waals surface area contributed by atoms with Crippen molar-refractivity contribution in [2.24, 2.45) is 5.92 Å². The third-order valence-corrected chi connectivity index (χ3v) is 4.39. The molecule has 0 heterocycles. The second-order valence-corrected chi connectivity index (χ2v) is 7.76. The fourth-order valence-corrected chi connectivity index (χ4v) is 2.70. The molecule has 156 valence electrons. The van der Waals surface area contributed by atoms with Gasteiger partial charge in [0.2, 0.25) is 0 Å². The molecule has 0 radical (unpaired) electrons. The maximum absolute atomic E-state index is 11.9. The molecular weight excluding hydrogens is 380 g/mol. The van der Waals surface area contributed by atoms with Crippen molar-refractivity contribution in [3.8, 4) is 0 Å². The van der Waals surface area contributed by atoms with Crippen molar-refractivity contribution in [2.45, 2.75) is 58.9 Å². The third kappa shape index (κ3) is 10.9. The van der Waals surface area contributed by atoms with Gasteiger partial charge in [0.15, 0.2) is 6.61 Å². The molecule has 1 atom stereocenters. The zero-order valence-electron chi connectivity index (χ0n) is 16.9. The van der Waals surface area contributed by atoms with Crippen molar-refractivity contribution >= 4 is 29.4 Å². The zero-order chi connectivity index (χ0) is 20.9. The zero-order valence-corrected chi connectivity index (χ0v) is 17.7. The number of hydrogen-bond donors (Lipinski definition) is 2. The summed E-state index contributed by atoms with van der Waals surface area (Å²) in [6.45, 7) is 6.36. The highest BCUT2D eigenvalue weighted by atomic mass is 35.5. The maximum Gasteiger partial charge on any atom is 0.306 e. The van der Waals surface area contributed by atoms with Crippen molar-refractivity contribution in [3.05, 3.63) is 34.9 Å². The van der Waals surface area contributed by atoms with Crippen molar-refractivity contribution in [1.29, 1.82) is 0 Å². The SMILES string of the molecule is CC(C)CCCC(C)NC(=O)COC(=O)CCCNC(=O)c1ccc(Cl)cc1. The van der Waals surface area contributed by atoms with Gasteiger partial charge in [0.05, 0.1) is 0 Å². The van der Waals surface area contributed by atoms with Crippen molar-refractivity contribution < 1.29 is 19.1 Å². The summed E-state index contributed by atoms with van der Waals surface area (Å²) in [5.74, 6) is -0.319. The summed E-state index contributed by atoms with van der Waals surface area (Å²) < 4.78 is 4.97. The van der Waals surface area contributed by atoms with Crippen molar-refractivity contribution in [3.63, 3.8) is 0 Å². The van der Waals surface area contributed by atoms with E-state index in [1.165, 1.54) is 0 Å². The van der Waals surface area contributed by atoms with Gasteiger partial charge in [0.1, 0.15) is 0 Å². The van der Waals surface area contributed by atoms with Crippen LogP contribution in [-0.4, -0.2) is 37.0 Å². The molecule has 2 N–H and O–H groups in total. The van der Waals surface area contributed by atoms with Crippen LogP contribution in [0.25, 0.3) is 0 Å². The van der Waals surface area contributed by atoms with Crippen LogP contribution >= 0.6 is 11.6 Å². The van der Waals surface area contributed by atoms with Gasteiger partial charge in [-0.2, -0.15) is 0 Å². The molecule has 0 spiro atoms. The van der Waals surface area contributed by atoms with Crippen LogP contribution in [0.15, 0.2) is 24.3 Å². The predicted octanol–water partition coefficient (Wildman–Crippen LogP) is 3.72. The number of rotatable bonds is 12. The van der Waals surface area contributed by atoms with E-state index in [0.717, 1.165) is 19.3 Å². The molecule has 1 rings (SSSR count). The van der Waals surface area contributed by atoms with E-state index < -0.39 is 5.97 Å². The van der Waals surface area contributed by atoms with Gasteiger partial charge in [-0.15, -0.1) is 0 Å². The minimum Gasteiger partial charge on any atom is -0.456 e. The average molecular weight is 411 g/mol. The van der Waals surface area contributed by atoms with E-state index in [1.807, 2.05) is 6.92 Å². The lowest BCUT2D eigenvalue weighted by Crippen LogP contribution is -2.35. The van der Waals surface area contributed by atoms with E-state index >= 15 is 0 Å². The Hall–Kier alpha value is -2.08. The summed E-state index contributed by atoms with van der Waals surface area (Å²) in [5, 5.41) is 6.12. The monoisotopic (exact) mass is 410 g/mol. The van der Waals surface area contributed by atoms with Crippen molar-refractivity contribution in [2.75, 3.05) is 13.2 Å². The molecule has 1 aromatic carbocycles. The summed E-state index contributed by atoms with van der Waals surface area (Å²) in [5.41, 5.74) is 0.506. The van der Waals surface area contributed by atoms with E-state index in [9.17, 15) is 14.4 Å². The molecule has 0 aliphatic rings. The van der Waals surface area contributed by atoms with E-state index in [1.54, 1.807) is 24.3 Å². The number of carbonyl (C=O) groups is 3. The molecular formula is C21H31ClN2O4. The van der Waals surface area contributed by atoms with Crippen LogP contribution in [0.2, 0.25) is 5.02 Å². The van der Waals surface area contributed by atoms with Crippen LogP contribution in [0.5, 0.6) is 0 Å². The summed E-state index contributed by atoms with van der Waals surface area (Å²) in [4.78, 5) is 35.4. The van der Waals surface area contributed by atoms with Crippen LogP contribution in [0.4, 0.5) is 0 Å². The van der Waals surface area contributed by atoms with Crippen LogP contribution < -0.4 is 10.6 Å². The van der Waals surface area contributed by atoms with Crippen LogP contribution in [0.1, 0.15) is 63.2 Å². The fourth-order valence-electron chi connectivity index (χ4n) is 2.58. The Balaban J connectivity index is 2.12. The first-order chi connectivity index (χ1) is 13.3. The maximum atomic E-state index is 11.9. The molecule has 7 heteroatoms. The molecule has 2 amide bonds. The molecule has 0 saturated heterocycles. The van der Waals surface area contributed by atoms with Gasteiger partial charge in [-0.3, -0.25) is 14.4 Å². The first kappa shape index (κ1) is 24.0. The Morgan fingerprint density at radius 2 is 1.71 bits per heavy atom. The molecule has 0 aliphatic heterocycles. The predicted molar refractivity (Wildman–Crippen MR) is 110 cm³/mol. The van der Waals surface area contributed by atoms with E-state index in [4.69, 9.17) is 16.3 Å². The average Bonchev–Trinajstić information content (AvgIpc) is 2.63. The molecule has 0 aliphatic carbocycles. The Morgan fingerprint density at radius 3 is 2.36 bits per heavy atom. The third-order valence-electron chi connectivity index (χ3n) is 4.14. The van der Waals surface area contributed by atoms with E-state index in [0.29, 0.717) is 29.5 Å². The Morgan fingerprint density at radius 1 is 1.04 bits per heavy atom. The summed E-state index contributed by atoms with van der Waals surface area (Å²) in [6, 6.07) is 6.62. The largest absolute Gasteiger partial charge is 0.456 e. The number of ether oxygens (including phenoxy) is 1. The molecule has 28 heavy (non-hydrogen) atoms. The second kappa shape index (κ2) is 13.2. The highest BCUT2D eigenvalue weighted by Crippen LogP contribution is 2.09. The van der Waals surface area contributed by atoms with Gasteiger partial charge >= 0.3 is 5.97 Å². The second-order valence-electron chi connectivity index (χ2n) is 7.32. The normalized spacial score (nSPS) is 11.8. The number of hydrogen-bond acceptors (Lipinski definition) is 4. The highest BCUT2D eigenvalue weighted by Gasteiger charge is 2.11. The van der Waals surface area contributed by atoms with Crippen LogP contribution in [0, 0.1) is 5.92 Å². The van der Waals surface area contributed by atoms with Gasteiger partial charge < -0.3 is 15.4 Å². The minimum absolute atomic E-state index is 0.0630. The standard InChI is InChI=1S/C21H31ClN2O4/c1-15(2)6-4-7-16(3)24-19(25)14-28-20(26)8-5-13-23-21(27)17-9-11-18(22)12-10-17/h9-12,15-16H,4-8,13-14H2,1-3H3,(H,23,27)(H,24,25). The lowest BCUT2D eigenvalue weighted by Gasteiger charge is -2.14. The lowest BCUT2D eigenvalue weighted by molar-refractivity contribution is -0.148. The highest BCUT2D eigenvalue weighted by molar-refractivity contribution is 6.30. The molecule has 0 aromatic heterocycles. The molecule has 6 nitrogen and oxygen atoms in total. The van der Waals surface area contributed by atoms with Gasteiger partial charge in [-0.05, 0) is 49.9 Å². The Labute approximate surface area is 172 Å². The number of benzene rings is 1. The van der Waals surface area contributed by atoms with Crippen molar-refractivity contribution in [1.82, 2.24) is 10.6 Å². The summed E-state index contributed by atoms with van der Waals surface area (Å²) in [6.07, 6.45) is 3.67. The van der Waals surface area contributed by atoms with Gasteiger partial charge in [-0.1, -0.05) is 38.3 Å². The van der Waals surface area contributed by atoms with E-state index in [-0.39, 0.29) is 30.9 Å². The first-order valence-corrected chi connectivity index (χ1v) is 10.1. The molecule has 0 saturated carbocycles. The first-order valence-electron chi connectivity index (χ1n) is 9.76. The molecule has 1 unspecified atom stereocenters. The number of halogens is 1. The Bertz CT molecular complexity index is 632. The number of nitrogens with one attached hydrogen (secondary N) is 2. The number of amides is 2. The van der Waals surface area contributed by atoms with Crippen LogP contribution in [0.3, 0.4) is 0 Å². The van der Waals surface area contributed by atoms with Gasteiger partial charge in [0, 0.05) is 29.6 Å². The minimum atomic E-state index is -0.455. The van der Waals surface area contributed by atoms with Crippen LogP contribution in [-0.2, 0) is 14.3 Å². The number of carbonyl (C=O) groups excluding carboxylic acids is 3. The fraction of sp³-hybridized carbons (Fsp3) is 0.571. The quantitative estimate of drug-likeness (QED) is 0.406. The van der Waals surface area contributed by atoms with E-state index in [2.05, 4.69) is 24.5 Å². The summed E-state index contributed by atoms with van der Waals surface area (Å²) >= 11 is 5.78.